The van der Waals surface area contributed by atoms with Gasteiger partial charge in [-0.3, -0.25) is 4.90 Å². The highest BCUT2D eigenvalue weighted by molar-refractivity contribution is 6.30. The Labute approximate surface area is 138 Å². The number of nitrogens with one attached hydrogen (secondary N) is 1. The number of benzene rings is 1. The van der Waals surface area contributed by atoms with Gasteiger partial charge in [0.1, 0.15) is 0 Å². The summed E-state index contributed by atoms with van der Waals surface area (Å²) in [5, 5.41) is 3.70. The molecule has 1 aliphatic heterocycles. The number of nitrogens with zero attached hydrogens (tertiary/aromatic N) is 2. The third kappa shape index (κ3) is 5.50. The summed E-state index contributed by atoms with van der Waals surface area (Å²) in [6, 6.07) is 7.60. The predicted molar refractivity (Wildman–Crippen MR) is 91.2 cm³/mol. The van der Waals surface area contributed by atoms with Crippen molar-refractivity contribution in [3.8, 4) is 0 Å². The van der Waals surface area contributed by atoms with Crippen LogP contribution in [0.25, 0.3) is 0 Å². The molecule has 1 saturated heterocycles. The van der Waals surface area contributed by atoms with Gasteiger partial charge in [-0.2, -0.15) is 0 Å². The molecule has 22 heavy (non-hydrogen) atoms. The van der Waals surface area contributed by atoms with Gasteiger partial charge in [0.05, 0.1) is 0 Å². The van der Waals surface area contributed by atoms with Crippen molar-refractivity contribution in [2.75, 3.05) is 32.7 Å². The number of unbranched alkanes of at least 4 members (excludes halogenated alkanes) is 2. The molecule has 0 saturated carbocycles. The molecule has 0 bridgehead atoms. The van der Waals surface area contributed by atoms with Gasteiger partial charge < -0.3 is 10.2 Å². The molecule has 1 aliphatic rings. The Morgan fingerprint density at radius 3 is 2.45 bits per heavy atom. The van der Waals surface area contributed by atoms with Gasteiger partial charge in [0.15, 0.2) is 0 Å². The first-order valence-corrected chi connectivity index (χ1v) is 8.56. The number of hydrogen-bond acceptors (Lipinski definition) is 2. The van der Waals surface area contributed by atoms with E-state index in [0.717, 1.165) is 38.3 Å². The van der Waals surface area contributed by atoms with Crippen molar-refractivity contribution in [3.63, 3.8) is 0 Å². The second kappa shape index (κ2) is 9.01. The van der Waals surface area contributed by atoms with Gasteiger partial charge in [0, 0.05) is 37.7 Å². The van der Waals surface area contributed by atoms with Crippen molar-refractivity contribution in [1.29, 1.82) is 0 Å². The van der Waals surface area contributed by atoms with Crippen LogP contribution in [0.3, 0.4) is 0 Å². The number of hydrogen-bond donors (Lipinski definition) is 1. The highest BCUT2D eigenvalue weighted by atomic mass is 35.5. The molecule has 0 unspecified atom stereocenters. The molecular formula is C17H26ClN3O. The van der Waals surface area contributed by atoms with E-state index in [9.17, 15) is 4.79 Å². The van der Waals surface area contributed by atoms with Crippen LogP contribution in [0.4, 0.5) is 4.79 Å². The third-order valence-electron chi connectivity index (χ3n) is 4.09. The van der Waals surface area contributed by atoms with Crippen LogP contribution in [0.15, 0.2) is 24.3 Å². The monoisotopic (exact) mass is 323 g/mol. The fraction of sp³-hybridized carbons (Fsp3) is 0.588. The summed E-state index contributed by atoms with van der Waals surface area (Å²) in [5.41, 5.74) is 1.07. The lowest BCUT2D eigenvalue weighted by Gasteiger charge is -2.34. The molecule has 5 heteroatoms. The minimum Gasteiger partial charge on any atom is -0.334 e. The van der Waals surface area contributed by atoms with Crippen molar-refractivity contribution in [1.82, 2.24) is 15.1 Å². The Hall–Kier alpha value is -1.26. The SMILES string of the molecule is CCCCCN1CCN(C(=O)NCc2ccc(Cl)cc2)CC1. The Balaban J connectivity index is 1.67. The number of halogens is 1. The first kappa shape index (κ1) is 17.1. The quantitative estimate of drug-likeness (QED) is 0.815. The van der Waals surface area contributed by atoms with Crippen LogP contribution in [-0.4, -0.2) is 48.6 Å². The maximum atomic E-state index is 12.2. The van der Waals surface area contributed by atoms with Gasteiger partial charge in [-0.15, -0.1) is 0 Å². The molecule has 0 atom stereocenters. The van der Waals surface area contributed by atoms with Gasteiger partial charge in [-0.1, -0.05) is 43.5 Å². The highest BCUT2D eigenvalue weighted by Gasteiger charge is 2.20. The van der Waals surface area contributed by atoms with E-state index >= 15 is 0 Å². The van der Waals surface area contributed by atoms with Crippen LogP contribution < -0.4 is 5.32 Å². The molecule has 0 aromatic heterocycles. The molecule has 1 aromatic rings. The van der Waals surface area contributed by atoms with Crippen LogP contribution in [0.5, 0.6) is 0 Å². The van der Waals surface area contributed by atoms with Crippen LogP contribution in [-0.2, 0) is 6.54 Å². The lowest BCUT2D eigenvalue weighted by molar-refractivity contribution is 0.138. The van der Waals surface area contributed by atoms with Gasteiger partial charge >= 0.3 is 6.03 Å². The lowest BCUT2D eigenvalue weighted by atomic mass is 10.2. The number of carbonyl (C=O) groups is 1. The van der Waals surface area contributed by atoms with E-state index in [1.54, 1.807) is 0 Å². The first-order chi connectivity index (χ1) is 10.7. The predicted octanol–water partition coefficient (Wildman–Crippen LogP) is 3.36. The average Bonchev–Trinajstić information content (AvgIpc) is 2.55. The smallest absolute Gasteiger partial charge is 0.317 e. The molecule has 1 N–H and O–H groups in total. The van der Waals surface area contributed by atoms with Gasteiger partial charge in [-0.05, 0) is 30.7 Å². The van der Waals surface area contributed by atoms with E-state index in [1.165, 1.54) is 19.3 Å². The first-order valence-electron chi connectivity index (χ1n) is 8.18. The summed E-state index contributed by atoms with van der Waals surface area (Å²) < 4.78 is 0. The van der Waals surface area contributed by atoms with Crippen molar-refractivity contribution in [3.05, 3.63) is 34.9 Å². The summed E-state index contributed by atoms with van der Waals surface area (Å²) in [7, 11) is 0. The topological polar surface area (TPSA) is 35.6 Å². The van der Waals surface area contributed by atoms with Gasteiger partial charge in [0.25, 0.3) is 0 Å². The maximum Gasteiger partial charge on any atom is 0.317 e. The second-order valence-electron chi connectivity index (χ2n) is 5.82. The van der Waals surface area contributed by atoms with Crippen LogP contribution in [0.1, 0.15) is 31.7 Å². The van der Waals surface area contributed by atoms with Crippen LogP contribution in [0, 0.1) is 0 Å². The summed E-state index contributed by atoms with van der Waals surface area (Å²) in [6.45, 7) is 7.54. The summed E-state index contributed by atoms with van der Waals surface area (Å²) >= 11 is 5.85. The zero-order valence-corrected chi connectivity index (χ0v) is 14.1. The lowest BCUT2D eigenvalue weighted by Crippen LogP contribution is -2.51. The molecule has 1 heterocycles. The van der Waals surface area contributed by atoms with Crippen LogP contribution >= 0.6 is 11.6 Å². The summed E-state index contributed by atoms with van der Waals surface area (Å²) in [4.78, 5) is 16.5. The number of urea groups is 1. The van der Waals surface area contributed by atoms with E-state index in [-0.39, 0.29) is 6.03 Å². The molecular weight excluding hydrogens is 298 g/mol. The van der Waals surface area contributed by atoms with E-state index in [2.05, 4.69) is 17.1 Å². The largest absolute Gasteiger partial charge is 0.334 e. The van der Waals surface area contributed by atoms with E-state index in [0.29, 0.717) is 11.6 Å². The number of piperazine rings is 1. The molecule has 2 amide bonds. The van der Waals surface area contributed by atoms with Crippen LogP contribution in [0.2, 0.25) is 5.02 Å². The summed E-state index contributed by atoms with van der Waals surface area (Å²) in [5.74, 6) is 0. The molecule has 1 aromatic carbocycles. The molecule has 4 nitrogen and oxygen atoms in total. The average molecular weight is 324 g/mol. The number of amides is 2. The third-order valence-corrected chi connectivity index (χ3v) is 4.35. The Kier molecular flexibility index (Phi) is 7.00. The van der Waals surface area contributed by atoms with Gasteiger partial charge in [-0.25, -0.2) is 4.79 Å². The minimum absolute atomic E-state index is 0.0307. The van der Waals surface area contributed by atoms with E-state index in [1.807, 2.05) is 29.2 Å². The molecule has 2 rings (SSSR count). The van der Waals surface area contributed by atoms with E-state index in [4.69, 9.17) is 11.6 Å². The van der Waals surface area contributed by atoms with Gasteiger partial charge in [0.2, 0.25) is 0 Å². The van der Waals surface area contributed by atoms with Crippen molar-refractivity contribution in [2.24, 2.45) is 0 Å². The van der Waals surface area contributed by atoms with Crippen molar-refractivity contribution < 1.29 is 4.79 Å². The zero-order chi connectivity index (χ0) is 15.8. The zero-order valence-electron chi connectivity index (χ0n) is 13.4. The fourth-order valence-corrected chi connectivity index (χ4v) is 2.78. The maximum absolute atomic E-state index is 12.2. The van der Waals surface area contributed by atoms with E-state index < -0.39 is 0 Å². The Morgan fingerprint density at radius 1 is 1.14 bits per heavy atom. The Bertz CT molecular complexity index is 455. The minimum atomic E-state index is 0.0307. The molecule has 0 spiro atoms. The number of carbonyl (C=O) groups excluding carboxylic acids is 1. The standard InChI is InChI=1S/C17H26ClN3O/c1-2-3-4-9-20-10-12-21(13-11-20)17(22)19-14-15-5-7-16(18)8-6-15/h5-8H,2-4,9-14H2,1H3,(H,19,22). The molecule has 1 fully saturated rings. The second-order valence-corrected chi connectivity index (χ2v) is 6.26. The van der Waals surface area contributed by atoms with Crippen molar-refractivity contribution >= 4 is 17.6 Å². The highest BCUT2D eigenvalue weighted by Crippen LogP contribution is 2.10. The normalized spacial score (nSPS) is 15.8. The summed E-state index contributed by atoms with van der Waals surface area (Å²) in [6.07, 6.45) is 3.81. The Morgan fingerprint density at radius 2 is 1.82 bits per heavy atom. The van der Waals surface area contributed by atoms with Crippen molar-refractivity contribution in [2.45, 2.75) is 32.7 Å². The molecule has 0 aliphatic carbocycles. The number of rotatable bonds is 6. The molecule has 122 valence electrons. The fourth-order valence-electron chi connectivity index (χ4n) is 2.65. The molecule has 0 radical (unpaired) electrons.